The van der Waals surface area contributed by atoms with Crippen molar-refractivity contribution in [2.45, 2.75) is 64.7 Å². The molecule has 1 saturated heterocycles. The number of rotatable bonds is 2. The van der Waals surface area contributed by atoms with E-state index in [4.69, 9.17) is 0 Å². The van der Waals surface area contributed by atoms with E-state index >= 15 is 0 Å². The quantitative estimate of drug-likeness (QED) is 0.433. The van der Waals surface area contributed by atoms with Gasteiger partial charge in [-0.25, -0.2) is 5.32 Å². The number of hydrogen-bond acceptors (Lipinski definition) is 2. The van der Waals surface area contributed by atoms with Crippen LogP contribution in [0, 0.1) is 12.8 Å². The molecule has 0 amide bonds. The monoisotopic (exact) mass is 356 g/mol. The van der Waals surface area contributed by atoms with Crippen LogP contribution < -0.4 is 25.5 Å². The van der Waals surface area contributed by atoms with Crippen LogP contribution in [0.4, 0.5) is 5.69 Å². The Morgan fingerprint density at radius 1 is 1.38 bits per heavy atom. The summed E-state index contributed by atoms with van der Waals surface area (Å²) in [5, 5.41) is 10.8. The van der Waals surface area contributed by atoms with Crippen LogP contribution in [0.2, 0.25) is 0 Å². The minimum atomic E-state index is -0.354. The van der Waals surface area contributed by atoms with Gasteiger partial charge in [0.15, 0.2) is 0 Å². The van der Waals surface area contributed by atoms with Crippen LogP contribution in [0.1, 0.15) is 63.1 Å². The molecule has 142 valence electrons. The van der Waals surface area contributed by atoms with Gasteiger partial charge in [-0.1, -0.05) is 38.0 Å². The lowest BCUT2D eigenvalue weighted by atomic mass is 9.83. The van der Waals surface area contributed by atoms with Crippen molar-refractivity contribution in [3.05, 3.63) is 29.3 Å². The number of guanidine groups is 1. The summed E-state index contributed by atoms with van der Waals surface area (Å²) >= 11 is 0. The Labute approximate surface area is 158 Å². The maximum Gasteiger partial charge on any atom is 0.440 e. The van der Waals surface area contributed by atoms with Crippen LogP contribution in [-0.2, 0) is 0 Å². The van der Waals surface area contributed by atoms with E-state index in [0.29, 0.717) is 5.92 Å². The number of fused-ring (bicyclic) bond motifs is 3. The first-order valence-electron chi connectivity index (χ1n) is 10.0. The van der Waals surface area contributed by atoms with E-state index in [1.165, 1.54) is 42.5 Å². The Morgan fingerprint density at radius 2 is 2.19 bits per heavy atom. The number of hydrogen-bond donors (Lipinski definition) is 3. The van der Waals surface area contributed by atoms with Gasteiger partial charge in [-0.05, 0) is 44.2 Å². The smallest absolute Gasteiger partial charge is 0.323 e. The summed E-state index contributed by atoms with van der Waals surface area (Å²) in [7, 11) is 1.90. The average molecular weight is 357 g/mol. The molecule has 26 heavy (non-hydrogen) atoms. The Bertz CT molecular complexity index is 694. The maximum absolute atomic E-state index is 4.19. The van der Waals surface area contributed by atoms with Gasteiger partial charge in [-0.2, -0.15) is 0 Å². The van der Waals surface area contributed by atoms with Crippen molar-refractivity contribution in [1.29, 1.82) is 0 Å². The summed E-state index contributed by atoms with van der Waals surface area (Å²) in [4.78, 5) is 2.58. The molecule has 1 fully saturated rings. The molecule has 0 spiro atoms. The fourth-order valence-corrected chi connectivity index (χ4v) is 4.80. The number of aryl methyl sites for hydroxylation is 1. The molecule has 0 radical (unpaired) electrons. The van der Waals surface area contributed by atoms with Crippen LogP contribution in [-0.4, -0.2) is 32.1 Å². The summed E-state index contributed by atoms with van der Waals surface area (Å²) in [5.74, 6) is 0.849. The van der Waals surface area contributed by atoms with E-state index in [1.807, 2.05) is 7.05 Å². The molecule has 1 aromatic carbocycles. The highest BCUT2D eigenvalue weighted by molar-refractivity contribution is 5.81. The van der Waals surface area contributed by atoms with Crippen LogP contribution >= 0.6 is 0 Å². The molecule has 0 aliphatic carbocycles. The largest absolute Gasteiger partial charge is 0.440 e. The molecular formula is C21H34N5+. The van der Waals surface area contributed by atoms with Gasteiger partial charge in [0.05, 0.1) is 7.05 Å². The molecule has 3 unspecified atom stereocenters. The van der Waals surface area contributed by atoms with Crippen molar-refractivity contribution < 1.29 is 0 Å². The summed E-state index contributed by atoms with van der Waals surface area (Å²) in [6.07, 6.45) is 6.10. The molecular weight excluding hydrogens is 322 g/mol. The molecule has 2 aliphatic rings. The van der Waals surface area contributed by atoms with Gasteiger partial charge in [-0.15, -0.1) is 0 Å². The van der Waals surface area contributed by atoms with E-state index in [2.05, 4.69) is 71.2 Å². The Hall–Kier alpha value is -1.97. The summed E-state index contributed by atoms with van der Waals surface area (Å²) in [6, 6.07) is 6.93. The third kappa shape index (κ3) is 3.10. The lowest BCUT2D eigenvalue weighted by Crippen LogP contribution is -2.76. The Kier molecular flexibility index (Phi) is 5.59. The zero-order chi connectivity index (χ0) is 18.7. The molecule has 3 atom stereocenters. The predicted molar refractivity (Wildman–Crippen MR) is 112 cm³/mol. The molecule has 3 N–H and O–H groups in total. The van der Waals surface area contributed by atoms with E-state index in [1.54, 1.807) is 0 Å². The highest BCUT2D eigenvalue weighted by atomic mass is 15.5. The second-order valence-electron chi connectivity index (χ2n) is 7.63. The lowest BCUT2D eigenvalue weighted by molar-refractivity contribution is 0.124. The zero-order valence-corrected chi connectivity index (χ0v) is 16.7. The molecule has 5 nitrogen and oxygen atoms in total. The topological polar surface area (TPSA) is 53.4 Å². The van der Waals surface area contributed by atoms with Crippen LogP contribution in [0.5, 0.6) is 0 Å². The predicted octanol–water partition coefficient (Wildman–Crippen LogP) is 2.65. The van der Waals surface area contributed by atoms with Gasteiger partial charge in [0.25, 0.3) is 0 Å². The van der Waals surface area contributed by atoms with Crippen LogP contribution in [0.15, 0.2) is 18.2 Å². The number of nitrogens with one attached hydrogen (secondary N) is 3. The second-order valence-corrected chi connectivity index (χ2v) is 7.63. The first kappa shape index (κ1) is 18.8. The minimum Gasteiger partial charge on any atom is -0.323 e. The van der Waals surface area contributed by atoms with Gasteiger partial charge in [0, 0.05) is 24.2 Å². The van der Waals surface area contributed by atoms with Crippen molar-refractivity contribution >= 4 is 18.4 Å². The molecule has 5 heteroatoms. The maximum atomic E-state index is 4.19. The van der Waals surface area contributed by atoms with Crippen LogP contribution in [0.25, 0.3) is 0 Å². The SMILES string of the molecule is C=[N+]=C(NC)NC12NC(C)c3cccc(C)c3N1CCCCCC2CC. The highest BCUT2D eigenvalue weighted by Crippen LogP contribution is 2.43. The summed E-state index contributed by atoms with van der Waals surface area (Å²) < 4.78 is 4.19. The molecule has 0 saturated carbocycles. The van der Waals surface area contributed by atoms with Gasteiger partial charge < -0.3 is 4.90 Å². The molecule has 2 aliphatic heterocycles. The van der Waals surface area contributed by atoms with Crippen molar-refractivity contribution in [1.82, 2.24) is 20.6 Å². The zero-order valence-electron chi connectivity index (χ0n) is 16.7. The fourth-order valence-electron chi connectivity index (χ4n) is 4.80. The molecule has 0 bridgehead atoms. The standard InChI is InChI=1S/C21H33N5/c1-6-17-12-8-7-9-14-26-19-15(2)11-10-13-18(19)16(3)24-21(17,26)25-20(22-4)23-5/h10-11,13,16-17,24H,4,6-9,12,14H2,1-3,5H3,(H,23,25)/p+1. The molecule has 1 aromatic rings. The summed E-state index contributed by atoms with van der Waals surface area (Å²) in [6.45, 7) is 11.6. The Morgan fingerprint density at radius 3 is 2.88 bits per heavy atom. The number of nitrogens with zero attached hydrogens (tertiary/aromatic N) is 2. The van der Waals surface area contributed by atoms with Gasteiger partial charge in [-0.3, -0.25) is 15.3 Å². The van der Waals surface area contributed by atoms with E-state index in [-0.39, 0.29) is 11.8 Å². The molecule has 2 heterocycles. The van der Waals surface area contributed by atoms with E-state index < -0.39 is 0 Å². The number of para-hydroxylation sites is 1. The first-order valence-corrected chi connectivity index (χ1v) is 10.0. The third-order valence-electron chi connectivity index (χ3n) is 6.09. The van der Waals surface area contributed by atoms with Crippen LogP contribution in [0.3, 0.4) is 0 Å². The van der Waals surface area contributed by atoms with Crippen molar-refractivity contribution in [3.63, 3.8) is 0 Å². The number of anilines is 1. The Balaban J connectivity index is 2.19. The van der Waals surface area contributed by atoms with Crippen molar-refractivity contribution in [2.75, 3.05) is 18.5 Å². The summed E-state index contributed by atoms with van der Waals surface area (Å²) in [5.41, 5.74) is 4.11. The van der Waals surface area contributed by atoms with Gasteiger partial charge >= 0.3 is 5.96 Å². The molecule has 3 rings (SSSR count). The second kappa shape index (κ2) is 7.73. The number of benzene rings is 1. The van der Waals surface area contributed by atoms with E-state index in [0.717, 1.165) is 18.9 Å². The first-order chi connectivity index (χ1) is 12.6. The van der Waals surface area contributed by atoms with Gasteiger partial charge in [0.1, 0.15) is 6.72 Å². The fraction of sp³-hybridized carbons (Fsp3) is 0.619. The van der Waals surface area contributed by atoms with E-state index in [9.17, 15) is 0 Å². The minimum absolute atomic E-state index is 0.269. The third-order valence-corrected chi connectivity index (χ3v) is 6.09. The lowest BCUT2D eigenvalue weighted by Gasteiger charge is -2.54. The van der Waals surface area contributed by atoms with Crippen molar-refractivity contribution in [3.8, 4) is 0 Å². The average Bonchev–Trinajstić information content (AvgIpc) is 2.63. The normalized spacial score (nSPS) is 28.1. The molecule has 0 aromatic heterocycles. The van der Waals surface area contributed by atoms with Gasteiger partial charge in [0.2, 0.25) is 5.79 Å². The van der Waals surface area contributed by atoms with Crippen molar-refractivity contribution in [2.24, 2.45) is 5.92 Å². The highest BCUT2D eigenvalue weighted by Gasteiger charge is 2.52.